The van der Waals surface area contributed by atoms with E-state index in [1.165, 1.54) is 22.0 Å². The lowest BCUT2D eigenvalue weighted by atomic mass is 10.1. The van der Waals surface area contributed by atoms with E-state index in [1.54, 1.807) is 66.9 Å². The van der Waals surface area contributed by atoms with Crippen LogP contribution in [0.4, 0.5) is 11.4 Å². The molecule has 0 unspecified atom stereocenters. The zero-order valence-electron chi connectivity index (χ0n) is 21.4. The quantitative estimate of drug-likeness (QED) is 0.230. The molecule has 0 saturated carbocycles. The SMILES string of the molecule is O=C(NCc1ccco1)c1cccc(Nc2c(Oc3ccc4c(c3)CCC4)cnn(-c3cccc(Cl)c3)c2=O)c1. The minimum absolute atomic E-state index is 0.170. The van der Waals surface area contributed by atoms with Crippen LogP contribution in [-0.4, -0.2) is 15.7 Å². The van der Waals surface area contributed by atoms with Crippen molar-refractivity contribution >= 4 is 28.9 Å². The van der Waals surface area contributed by atoms with Crippen LogP contribution in [0.25, 0.3) is 5.69 Å². The summed E-state index contributed by atoms with van der Waals surface area (Å²) in [6.07, 6.45) is 6.23. The van der Waals surface area contributed by atoms with Crippen molar-refractivity contribution in [2.75, 3.05) is 5.32 Å². The van der Waals surface area contributed by atoms with Crippen LogP contribution in [0, 0.1) is 0 Å². The molecule has 0 spiro atoms. The molecule has 0 aliphatic heterocycles. The van der Waals surface area contributed by atoms with Crippen LogP contribution in [0.5, 0.6) is 11.5 Å². The third kappa shape index (κ3) is 5.48. The summed E-state index contributed by atoms with van der Waals surface area (Å²) in [5, 5.41) is 10.8. The number of amides is 1. The van der Waals surface area contributed by atoms with Crippen LogP contribution in [0.15, 0.2) is 101 Å². The lowest BCUT2D eigenvalue weighted by Crippen LogP contribution is -2.24. The molecule has 5 aromatic rings. The average molecular weight is 553 g/mol. The first kappa shape index (κ1) is 25.5. The average Bonchev–Trinajstić information content (AvgIpc) is 3.66. The van der Waals surface area contributed by atoms with Crippen molar-refractivity contribution in [3.8, 4) is 17.2 Å². The first-order valence-electron chi connectivity index (χ1n) is 12.9. The van der Waals surface area contributed by atoms with Crippen LogP contribution < -0.4 is 20.9 Å². The van der Waals surface area contributed by atoms with Gasteiger partial charge in [0.05, 0.1) is 24.7 Å². The Morgan fingerprint density at radius 1 is 1.00 bits per heavy atom. The van der Waals surface area contributed by atoms with Gasteiger partial charge in [-0.15, -0.1) is 0 Å². The molecule has 2 aromatic heterocycles. The number of carbonyl (C=O) groups excluding carboxylic acids is 1. The number of rotatable bonds is 8. The monoisotopic (exact) mass is 552 g/mol. The van der Waals surface area contributed by atoms with Crippen LogP contribution in [0.2, 0.25) is 5.02 Å². The second-order valence-electron chi connectivity index (χ2n) is 9.43. The Morgan fingerprint density at radius 2 is 1.88 bits per heavy atom. The van der Waals surface area contributed by atoms with Crippen molar-refractivity contribution < 1.29 is 13.9 Å². The number of furan rings is 1. The van der Waals surface area contributed by atoms with Gasteiger partial charge in [0.25, 0.3) is 11.5 Å². The molecular weight excluding hydrogens is 528 g/mol. The van der Waals surface area contributed by atoms with Gasteiger partial charge < -0.3 is 19.8 Å². The van der Waals surface area contributed by atoms with Crippen LogP contribution in [-0.2, 0) is 19.4 Å². The molecule has 1 aliphatic rings. The Balaban J connectivity index is 1.33. The summed E-state index contributed by atoms with van der Waals surface area (Å²) in [5.74, 6) is 1.25. The number of anilines is 2. The number of halogens is 1. The number of aromatic nitrogens is 2. The highest BCUT2D eigenvalue weighted by Gasteiger charge is 2.18. The van der Waals surface area contributed by atoms with Gasteiger partial charge in [-0.25, -0.2) is 0 Å². The predicted octanol–water partition coefficient (Wildman–Crippen LogP) is 6.43. The maximum Gasteiger partial charge on any atom is 0.299 e. The minimum Gasteiger partial charge on any atom is -0.467 e. The van der Waals surface area contributed by atoms with Crippen molar-refractivity contribution in [3.05, 3.63) is 129 Å². The largest absolute Gasteiger partial charge is 0.467 e. The van der Waals surface area contributed by atoms with Gasteiger partial charge in [-0.2, -0.15) is 9.78 Å². The highest BCUT2D eigenvalue weighted by atomic mass is 35.5. The number of hydrogen-bond acceptors (Lipinski definition) is 6. The topological polar surface area (TPSA) is 98.4 Å². The van der Waals surface area contributed by atoms with E-state index < -0.39 is 5.56 Å². The molecule has 0 atom stereocenters. The molecule has 40 heavy (non-hydrogen) atoms. The lowest BCUT2D eigenvalue weighted by molar-refractivity contribution is 0.0948. The van der Waals surface area contributed by atoms with Gasteiger partial charge >= 0.3 is 0 Å². The second kappa shape index (κ2) is 11.1. The minimum atomic E-state index is -0.436. The molecule has 0 fully saturated rings. The number of ether oxygens (including phenoxy) is 1. The summed E-state index contributed by atoms with van der Waals surface area (Å²) in [6, 6.07) is 23.3. The molecule has 9 heteroatoms. The lowest BCUT2D eigenvalue weighted by Gasteiger charge is -2.15. The Labute approximate surface area is 235 Å². The second-order valence-corrected chi connectivity index (χ2v) is 9.87. The standard InChI is InChI=1S/C31H25ClN4O4/c32-23-8-3-10-25(17-23)36-31(38)29(28(19-34-36)40-26-13-12-20-5-1-6-21(20)16-26)35-24-9-2-7-22(15-24)30(37)33-18-27-11-4-14-39-27/h2-4,7-17,19,35H,1,5-6,18H2,(H,33,37). The molecule has 200 valence electrons. The molecule has 0 radical (unpaired) electrons. The summed E-state index contributed by atoms with van der Waals surface area (Å²) in [4.78, 5) is 26.6. The Hall–Kier alpha value is -4.82. The summed E-state index contributed by atoms with van der Waals surface area (Å²) >= 11 is 6.18. The fraction of sp³-hybridized carbons (Fsp3) is 0.129. The van der Waals surface area contributed by atoms with Crippen molar-refractivity contribution in [1.29, 1.82) is 0 Å². The molecule has 6 rings (SSSR count). The van der Waals surface area contributed by atoms with Gasteiger partial charge in [0.1, 0.15) is 11.5 Å². The number of carbonyl (C=O) groups is 1. The number of nitrogens with one attached hydrogen (secondary N) is 2. The van der Waals surface area contributed by atoms with E-state index in [4.69, 9.17) is 20.8 Å². The molecule has 0 bridgehead atoms. The van der Waals surface area contributed by atoms with Gasteiger partial charge in [0.2, 0.25) is 0 Å². The Kier molecular flexibility index (Phi) is 7.08. The predicted molar refractivity (Wildman–Crippen MR) is 153 cm³/mol. The van der Waals surface area contributed by atoms with E-state index in [2.05, 4.69) is 21.8 Å². The zero-order valence-corrected chi connectivity index (χ0v) is 22.1. The number of aryl methyl sites for hydroxylation is 2. The number of nitrogens with zero attached hydrogens (tertiary/aromatic N) is 2. The first-order chi connectivity index (χ1) is 19.5. The van der Waals surface area contributed by atoms with Gasteiger partial charge in [-0.3, -0.25) is 9.59 Å². The maximum atomic E-state index is 13.8. The maximum absolute atomic E-state index is 13.8. The first-order valence-corrected chi connectivity index (χ1v) is 13.3. The molecular formula is C31H25ClN4O4. The fourth-order valence-corrected chi connectivity index (χ4v) is 4.91. The molecule has 2 heterocycles. The van der Waals surface area contributed by atoms with Crippen molar-refractivity contribution in [2.45, 2.75) is 25.8 Å². The van der Waals surface area contributed by atoms with E-state index >= 15 is 0 Å². The van der Waals surface area contributed by atoms with Crippen molar-refractivity contribution in [3.63, 3.8) is 0 Å². The van der Waals surface area contributed by atoms with E-state index in [0.717, 1.165) is 19.3 Å². The van der Waals surface area contributed by atoms with Crippen LogP contribution in [0.1, 0.15) is 33.7 Å². The molecule has 8 nitrogen and oxygen atoms in total. The number of benzene rings is 3. The molecule has 3 aromatic carbocycles. The molecule has 0 saturated heterocycles. The molecule has 2 N–H and O–H groups in total. The van der Waals surface area contributed by atoms with E-state index in [-0.39, 0.29) is 23.9 Å². The summed E-state index contributed by atoms with van der Waals surface area (Å²) < 4.78 is 12.7. The summed E-state index contributed by atoms with van der Waals surface area (Å²) in [5.41, 5.74) is 3.77. The highest BCUT2D eigenvalue weighted by molar-refractivity contribution is 6.30. The van der Waals surface area contributed by atoms with Gasteiger partial charge in [0.15, 0.2) is 11.4 Å². The van der Waals surface area contributed by atoms with E-state index in [0.29, 0.717) is 33.5 Å². The van der Waals surface area contributed by atoms with E-state index in [9.17, 15) is 9.59 Å². The summed E-state index contributed by atoms with van der Waals surface area (Å²) in [7, 11) is 0. The zero-order chi connectivity index (χ0) is 27.5. The molecule has 1 amide bonds. The van der Waals surface area contributed by atoms with Crippen molar-refractivity contribution in [1.82, 2.24) is 15.1 Å². The van der Waals surface area contributed by atoms with E-state index in [1.807, 2.05) is 12.1 Å². The number of hydrogen-bond donors (Lipinski definition) is 2. The Bertz CT molecular complexity index is 1750. The third-order valence-electron chi connectivity index (χ3n) is 6.69. The van der Waals surface area contributed by atoms with Gasteiger partial charge in [-0.05, 0) is 91.1 Å². The normalized spacial score (nSPS) is 12.1. The number of fused-ring (bicyclic) bond motifs is 1. The molecule has 1 aliphatic carbocycles. The fourth-order valence-electron chi connectivity index (χ4n) is 4.73. The Morgan fingerprint density at radius 3 is 2.73 bits per heavy atom. The highest BCUT2D eigenvalue weighted by Crippen LogP contribution is 2.32. The van der Waals surface area contributed by atoms with Gasteiger partial charge in [-0.1, -0.05) is 29.8 Å². The summed E-state index contributed by atoms with van der Waals surface area (Å²) in [6.45, 7) is 0.261. The van der Waals surface area contributed by atoms with Crippen molar-refractivity contribution in [2.24, 2.45) is 0 Å². The van der Waals surface area contributed by atoms with Gasteiger partial charge in [0, 0.05) is 16.3 Å². The third-order valence-corrected chi connectivity index (χ3v) is 6.93. The smallest absolute Gasteiger partial charge is 0.299 e. The van der Waals surface area contributed by atoms with Crippen LogP contribution >= 0.6 is 11.6 Å². The van der Waals surface area contributed by atoms with Crippen LogP contribution in [0.3, 0.4) is 0 Å².